The van der Waals surface area contributed by atoms with Crippen LogP contribution in [0.25, 0.3) is 0 Å². The standard InChI is InChI=1S/C18H19FN2O4/c1-23-15-8-13(9-16(24-2)18(15)25-3)11-20-21-17(22)10-12-4-6-14(19)7-5-12/h4-9,11H,10H2,1-3H3,(H,21,22)/b20-11-. The fourth-order valence-electron chi connectivity index (χ4n) is 2.18. The first-order chi connectivity index (χ1) is 12.1. The number of rotatable bonds is 7. The van der Waals surface area contributed by atoms with Crippen LogP contribution in [0.2, 0.25) is 0 Å². The van der Waals surface area contributed by atoms with Crippen LogP contribution >= 0.6 is 0 Å². The van der Waals surface area contributed by atoms with Gasteiger partial charge >= 0.3 is 0 Å². The topological polar surface area (TPSA) is 69.2 Å². The number of hydrogen-bond acceptors (Lipinski definition) is 5. The minimum absolute atomic E-state index is 0.104. The van der Waals surface area contributed by atoms with Crippen LogP contribution < -0.4 is 19.6 Å². The lowest BCUT2D eigenvalue weighted by Gasteiger charge is -2.12. The van der Waals surface area contributed by atoms with Gasteiger partial charge in [-0.3, -0.25) is 4.79 Å². The molecule has 1 N–H and O–H groups in total. The van der Waals surface area contributed by atoms with Crippen molar-refractivity contribution >= 4 is 12.1 Å². The average molecular weight is 346 g/mol. The highest BCUT2D eigenvalue weighted by Crippen LogP contribution is 2.37. The molecule has 0 saturated carbocycles. The summed E-state index contributed by atoms with van der Waals surface area (Å²) in [6.45, 7) is 0. The Bertz CT molecular complexity index is 735. The van der Waals surface area contributed by atoms with E-state index in [1.807, 2.05) is 0 Å². The van der Waals surface area contributed by atoms with E-state index in [2.05, 4.69) is 10.5 Å². The van der Waals surface area contributed by atoms with Gasteiger partial charge in [-0.25, -0.2) is 9.82 Å². The third kappa shape index (κ3) is 4.94. The summed E-state index contributed by atoms with van der Waals surface area (Å²) >= 11 is 0. The molecular weight excluding hydrogens is 327 g/mol. The second kappa shape index (κ2) is 8.68. The fourth-order valence-corrected chi connectivity index (χ4v) is 2.18. The number of hydrazone groups is 1. The van der Waals surface area contributed by atoms with Gasteiger partial charge in [0.25, 0.3) is 0 Å². The van der Waals surface area contributed by atoms with Crippen molar-refractivity contribution in [2.45, 2.75) is 6.42 Å². The van der Waals surface area contributed by atoms with Gasteiger partial charge in [-0.15, -0.1) is 0 Å². The van der Waals surface area contributed by atoms with Crippen LogP contribution in [0.1, 0.15) is 11.1 Å². The maximum absolute atomic E-state index is 12.8. The van der Waals surface area contributed by atoms with Crippen LogP contribution in [-0.2, 0) is 11.2 Å². The average Bonchev–Trinajstić information content (AvgIpc) is 2.62. The van der Waals surface area contributed by atoms with Crippen molar-refractivity contribution in [2.75, 3.05) is 21.3 Å². The lowest BCUT2D eigenvalue weighted by molar-refractivity contribution is -0.120. The van der Waals surface area contributed by atoms with E-state index in [1.54, 1.807) is 24.3 Å². The zero-order valence-electron chi connectivity index (χ0n) is 14.2. The number of ether oxygens (including phenoxy) is 3. The minimum Gasteiger partial charge on any atom is -0.493 e. The van der Waals surface area contributed by atoms with Crippen molar-refractivity contribution in [1.82, 2.24) is 5.43 Å². The molecular formula is C18H19FN2O4. The second-order valence-corrected chi connectivity index (χ2v) is 5.06. The third-order valence-electron chi connectivity index (χ3n) is 3.37. The molecule has 0 aliphatic rings. The van der Waals surface area contributed by atoms with E-state index >= 15 is 0 Å². The van der Waals surface area contributed by atoms with Gasteiger partial charge in [-0.05, 0) is 29.8 Å². The number of hydrogen-bond donors (Lipinski definition) is 1. The Kier molecular flexibility index (Phi) is 6.33. The number of methoxy groups -OCH3 is 3. The predicted octanol–water partition coefficient (Wildman–Crippen LogP) is 2.54. The van der Waals surface area contributed by atoms with Crippen LogP contribution in [0.4, 0.5) is 4.39 Å². The van der Waals surface area contributed by atoms with Gasteiger partial charge in [0, 0.05) is 5.56 Å². The van der Waals surface area contributed by atoms with Crippen LogP contribution in [-0.4, -0.2) is 33.5 Å². The molecule has 25 heavy (non-hydrogen) atoms. The first kappa shape index (κ1) is 18.3. The summed E-state index contributed by atoms with van der Waals surface area (Å²) in [5.74, 6) is 0.796. The first-order valence-corrected chi connectivity index (χ1v) is 7.43. The van der Waals surface area contributed by atoms with E-state index in [9.17, 15) is 9.18 Å². The molecule has 0 aromatic heterocycles. The molecule has 0 atom stereocenters. The van der Waals surface area contributed by atoms with Crippen molar-refractivity contribution in [3.8, 4) is 17.2 Å². The number of benzene rings is 2. The van der Waals surface area contributed by atoms with E-state index < -0.39 is 0 Å². The molecule has 132 valence electrons. The normalized spacial score (nSPS) is 10.6. The second-order valence-electron chi connectivity index (χ2n) is 5.06. The van der Waals surface area contributed by atoms with E-state index in [0.717, 1.165) is 0 Å². The monoisotopic (exact) mass is 346 g/mol. The molecule has 2 aromatic rings. The molecule has 0 radical (unpaired) electrons. The smallest absolute Gasteiger partial charge is 0.244 e. The first-order valence-electron chi connectivity index (χ1n) is 7.43. The van der Waals surface area contributed by atoms with Crippen LogP contribution in [0.3, 0.4) is 0 Å². The Morgan fingerprint density at radius 1 is 1.08 bits per heavy atom. The van der Waals surface area contributed by atoms with Gasteiger partial charge in [-0.2, -0.15) is 5.10 Å². The summed E-state index contributed by atoms with van der Waals surface area (Å²) in [5.41, 5.74) is 3.78. The SMILES string of the molecule is COc1cc(/C=N\NC(=O)Cc2ccc(F)cc2)cc(OC)c1OC. The van der Waals surface area contributed by atoms with Gasteiger partial charge in [0.2, 0.25) is 11.7 Å². The Hall–Kier alpha value is -3.09. The summed E-state index contributed by atoms with van der Waals surface area (Å²) < 4.78 is 28.6. The molecule has 6 nitrogen and oxygen atoms in total. The highest BCUT2D eigenvalue weighted by molar-refractivity contribution is 5.85. The molecule has 0 fully saturated rings. The van der Waals surface area contributed by atoms with Crippen LogP contribution in [0.15, 0.2) is 41.5 Å². The Balaban J connectivity index is 2.03. The van der Waals surface area contributed by atoms with Crippen molar-refractivity contribution in [2.24, 2.45) is 5.10 Å². The number of carbonyl (C=O) groups excluding carboxylic acids is 1. The highest BCUT2D eigenvalue weighted by Gasteiger charge is 2.12. The molecule has 0 bridgehead atoms. The zero-order valence-corrected chi connectivity index (χ0v) is 14.2. The predicted molar refractivity (Wildman–Crippen MR) is 91.9 cm³/mol. The molecule has 2 rings (SSSR count). The van der Waals surface area contributed by atoms with Gasteiger partial charge in [0.15, 0.2) is 11.5 Å². The molecule has 0 spiro atoms. The van der Waals surface area contributed by atoms with Crippen LogP contribution in [0, 0.1) is 5.82 Å². The van der Waals surface area contributed by atoms with Crippen molar-refractivity contribution in [3.63, 3.8) is 0 Å². The Morgan fingerprint density at radius 3 is 2.20 bits per heavy atom. The Labute approximate surface area is 145 Å². The maximum Gasteiger partial charge on any atom is 0.244 e. The number of carbonyl (C=O) groups is 1. The summed E-state index contributed by atoms with van der Waals surface area (Å²) in [5, 5.41) is 3.91. The van der Waals surface area contributed by atoms with Gasteiger partial charge in [-0.1, -0.05) is 12.1 Å². The molecule has 0 unspecified atom stereocenters. The van der Waals surface area contributed by atoms with E-state index in [0.29, 0.717) is 28.4 Å². The van der Waals surface area contributed by atoms with E-state index in [1.165, 1.54) is 39.7 Å². The number of amides is 1. The molecule has 0 saturated heterocycles. The summed E-state index contributed by atoms with van der Waals surface area (Å²) in [6, 6.07) is 9.13. The number of nitrogens with zero attached hydrogens (tertiary/aromatic N) is 1. The molecule has 7 heteroatoms. The number of nitrogens with one attached hydrogen (secondary N) is 1. The Morgan fingerprint density at radius 2 is 1.68 bits per heavy atom. The molecule has 0 aliphatic carbocycles. The lowest BCUT2D eigenvalue weighted by atomic mass is 10.1. The van der Waals surface area contributed by atoms with Crippen molar-refractivity contribution in [1.29, 1.82) is 0 Å². The molecule has 0 aliphatic heterocycles. The molecule has 2 aromatic carbocycles. The maximum atomic E-state index is 12.8. The van der Waals surface area contributed by atoms with Crippen molar-refractivity contribution < 1.29 is 23.4 Å². The van der Waals surface area contributed by atoms with Crippen LogP contribution in [0.5, 0.6) is 17.2 Å². The zero-order chi connectivity index (χ0) is 18.2. The summed E-state index contributed by atoms with van der Waals surface area (Å²) in [6.07, 6.45) is 1.57. The van der Waals surface area contributed by atoms with E-state index in [4.69, 9.17) is 14.2 Å². The quantitative estimate of drug-likeness (QED) is 0.618. The largest absolute Gasteiger partial charge is 0.493 e. The van der Waals surface area contributed by atoms with E-state index in [-0.39, 0.29) is 18.1 Å². The number of halogens is 1. The van der Waals surface area contributed by atoms with Gasteiger partial charge < -0.3 is 14.2 Å². The highest BCUT2D eigenvalue weighted by atomic mass is 19.1. The third-order valence-corrected chi connectivity index (χ3v) is 3.37. The van der Waals surface area contributed by atoms with Gasteiger partial charge in [0.1, 0.15) is 5.82 Å². The lowest BCUT2D eigenvalue weighted by Crippen LogP contribution is -2.19. The van der Waals surface area contributed by atoms with Crippen molar-refractivity contribution in [3.05, 3.63) is 53.3 Å². The summed E-state index contributed by atoms with van der Waals surface area (Å²) in [4.78, 5) is 11.8. The minimum atomic E-state index is -0.343. The van der Waals surface area contributed by atoms with Gasteiger partial charge in [0.05, 0.1) is 34.0 Å². The fraction of sp³-hybridized carbons (Fsp3) is 0.222. The molecule has 1 amide bonds. The summed E-state index contributed by atoms with van der Waals surface area (Å²) in [7, 11) is 4.55. The molecule has 0 heterocycles.